The van der Waals surface area contributed by atoms with Crippen LogP contribution in [0.2, 0.25) is 18.1 Å². The second kappa shape index (κ2) is 9.35. The number of rotatable bonds is 7. The maximum Gasteiger partial charge on any atom is 0.219 e. The van der Waals surface area contributed by atoms with E-state index in [-0.39, 0.29) is 29.5 Å². The van der Waals surface area contributed by atoms with Gasteiger partial charge in [0.25, 0.3) is 0 Å². The minimum absolute atomic E-state index is 0.0121. The Morgan fingerprint density at radius 1 is 1.20 bits per heavy atom. The molecular formula is C24H36O5Si. The molecule has 1 unspecified atom stereocenters. The van der Waals surface area contributed by atoms with Gasteiger partial charge in [0, 0.05) is 19.1 Å². The average Bonchev–Trinajstić information content (AvgIpc) is 2.64. The number of hydrogen-bond donors (Lipinski definition) is 0. The van der Waals surface area contributed by atoms with Crippen molar-refractivity contribution in [3.8, 4) is 0 Å². The Morgan fingerprint density at radius 2 is 1.93 bits per heavy atom. The minimum Gasteiger partial charge on any atom is -0.469 e. The fourth-order valence-electron chi connectivity index (χ4n) is 3.75. The summed E-state index contributed by atoms with van der Waals surface area (Å²) in [4.78, 5) is 12.1. The summed E-state index contributed by atoms with van der Waals surface area (Å²) in [5.41, 5.74) is 1.16. The second-order valence-electron chi connectivity index (χ2n) is 9.98. The van der Waals surface area contributed by atoms with Crippen LogP contribution in [-0.4, -0.2) is 38.7 Å². The van der Waals surface area contributed by atoms with E-state index in [2.05, 4.69) is 46.0 Å². The van der Waals surface area contributed by atoms with Crippen LogP contribution in [0.15, 0.2) is 42.7 Å². The number of carbonyl (C=O) groups excluding carboxylic acids is 1. The third-order valence-electron chi connectivity index (χ3n) is 6.39. The average molecular weight is 433 g/mol. The normalized spacial score (nSPS) is 27.3. The van der Waals surface area contributed by atoms with Crippen LogP contribution in [-0.2, 0) is 30.0 Å². The molecule has 0 amide bonds. The smallest absolute Gasteiger partial charge is 0.219 e. The zero-order valence-corrected chi connectivity index (χ0v) is 20.0. The number of allylic oxidation sites excluding steroid dienone is 1. The zero-order chi connectivity index (χ0) is 21.8. The molecule has 2 aliphatic heterocycles. The maximum absolute atomic E-state index is 12.1. The van der Waals surface area contributed by atoms with Crippen molar-refractivity contribution in [1.82, 2.24) is 0 Å². The lowest BCUT2D eigenvalue weighted by atomic mass is 9.92. The Hall–Kier alpha value is -1.47. The summed E-state index contributed by atoms with van der Waals surface area (Å²) in [5, 5.41) is 0.121. The van der Waals surface area contributed by atoms with E-state index >= 15 is 0 Å². The molecule has 166 valence electrons. The van der Waals surface area contributed by atoms with Gasteiger partial charge >= 0.3 is 0 Å². The molecule has 5 nitrogen and oxygen atoms in total. The van der Waals surface area contributed by atoms with Crippen LogP contribution in [0.3, 0.4) is 0 Å². The summed E-state index contributed by atoms with van der Waals surface area (Å²) in [6.07, 6.45) is 5.26. The van der Waals surface area contributed by atoms with Crippen LogP contribution in [0.5, 0.6) is 0 Å². The number of ketones is 1. The van der Waals surface area contributed by atoms with Crippen molar-refractivity contribution in [2.45, 2.75) is 89.2 Å². The van der Waals surface area contributed by atoms with E-state index in [9.17, 15) is 4.79 Å². The molecule has 30 heavy (non-hydrogen) atoms. The number of ether oxygens (including phenoxy) is 3. The standard InChI is InChI=1S/C24H36O5Si/c1-23(2,3)30(4,5)29-22-15-21(12-13-26-18-19-9-7-6-8-10-19)28-24(17-22)16-20(25)11-14-27-24/h6-11,14,21-22H,12-13,15-18H2,1-5H3/t21-,22?,24+/m0/s1. The van der Waals surface area contributed by atoms with Gasteiger partial charge in [-0.3, -0.25) is 4.79 Å². The van der Waals surface area contributed by atoms with Gasteiger partial charge in [0.1, 0.15) is 0 Å². The quantitative estimate of drug-likeness (QED) is 0.429. The molecule has 1 spiro atoms. The highest BCUT2D eigenvalue weighted by molar-refractivity contribution is 6.74. The van der Waals surface area contributed by atoms with Gasteiger partial charge in [-0.2, -0.15) is 0 Å². The number of carbonyl (C=O) groups is 1. The van der Waals surface area contributed by atoms with Crippen molar-refractivity contribution in [2.75, 3.05) is 6.61 Å². The third kappa shape index (κ3) is 6.03. The zero-order valence-electron chi connectivity index (χ0n) is 19.0. The lowest BCUT2D eigenvalue weighted by Gasteiger charge is -2.47. The van der Waals surface area contributed by atoms with Crippen molar-refractivity contribution >= 4 is 14.1 Å². The SMILES string of the molecule is CC(C)(C)[Si](C)(C)OC1C[C@H](CCOCc2ccccc2)O[C@]2(CC(=O)C=CO2)C1. The van der Waals surface area contributed by atoms with Gasteiger partial charge in [0.15, 0.2) is 14.1 Å². The van der Waals surface area contributed by atoms with Gasteiger partial charge in [-0.1, -0.05) is 51.1 Å². The first-order valence-corrected chi connectivity index (χ1v) is 13.8. The summed E-state index contributed by atoms with van der Waals surface area (Å²) in [6.45, 7) is 12.4. The molecule has 2 aliphatic rings. The second-order valence-corrected chi connectivity index (χ2v) is 14.7. The molecular weight excluding hydrogens is 396 g/mol. The van der Waals surface area contributed by atoms with Crippen molar-refractivity contribution in [3.63, 3.8) is 0 Å². The van der Waals surface area contributed by atoms with E-state index in [1.165, 1.54) is 12.3 Å². The molecule has 0 N–H and O–H groups in total. The van der Waals surface area contributed by atoms with Crippen LogP contribution in [0.1, 0.15) is 52.0 Å². The Labute approximate surface area is 181 Å². The van der Waals surface area contributed by atoms with Crippen LogP contribution < -0.4 is 0 Å². The molecule has 1 aromatic rings. The fourth-order valence-corrected chi connectivity index (χ4v) is 5.12. The summed E-state index contributed by atoms with van der Waals surface area (Å²) in [6, 6.07) is 10.1. The Kier molecular flexibility index (Phi) is 7.23. The van der Waals surface area contributed by atoms with Gasteiger partial charge < -0.3 is 18.6 Å². The monoisotopic (exact) mass is 432 g/mol. The molecule has 1 saturated heterocycles. The van der Waals surface area contributed by atoms with Gasteiger partial charge in [-0.05, 0) is 36.5 Å². The number of benzene rings is 1. The number of hydrogen-bond acceptors (Lipinski definition) is 5. The van der Waals surface area contributed by atoms with E-state index in [1.54, 1.807) is 0 Å². The van der Waals surface area contributed by atoms with Crippen LogP contribution >= 0.6 is 0 Å². The largest absolute Gasteiger partial charge is 0.469 e. The first kappa shape index (κ1) is 23.2. The van der Waals surface area contributed by atoms with Gasteiger partial charge in [0.2, 0.25) is 5.79 Å². The summed E-state index contributed by atoms with van der Waals surface area (Å²) in [7, 11) is -1.95. The van der Waals surface area contributed by atoms with Crippen LogP contribution in [0, 0.1) is 0 Å². The molecule has 0 aliphatic carbocycles. The predicted octanol–water partition coefficient (Wildman–Crippen LogP) is 5.36. The minimum atomic E-state index is -1.95. The molecule has 3 atom stereocenters. The van der Waals surface area contributed by atoms with E-state index < -0.39 is 14.1 Å². The highest BCUT2D eigenvalue weighted by Crippen LogP contribution is 2.43. The topological polar surface area (TPSA) is 54.0 Å². The molecule has 0 bridgehead atoms. The van der Waals surface area contributed by atoms with Gasteiger partial charge in [0.05, 0.1) is 31.5 Å². The highest BCUT2D eigenvalue weighted by Gasteiger charge is 2.48. The van der Waals surface area contributed by atoms with Crippen molar-refractivity contribution in [3.05, 3.63) is 48.2 Å². The first-order chi connectivity index (χ1) is 14.1. The fraction of sp³-hybridized carbons (Fsp3) is 0.625. The Bertz CT molecular complexity index is 740. The van der Waals surface area contributed by atoms with Crippen molar-refractivity contribution < 1.29 is 23.4 Å². The van der Waals surface area contributed by atoms with Gasteiger partial charge in [-0.15, -0.1) is 0 Å². The Morgan fingerprint density at radius 3 is 2.60 bits per heavy atom. The maximum atomic E-state index is 12.1. The summed E-state index contributed by atoms with van der Waals surface area (Å²) >= 11 is 0. The molecule has 0 saturated carbocycles. The molecule has 1 aromatic carbocycles. The van der Waals surface area contributed by atoms with E-state index in [4.69, 9.17) is 18.6 Å². The lowest BCUT2D eigenvalue weighted by Crippen LogP contribution is -2.53. The first-order valence-electron chi connectivity index (χ1n) is 10.9. The molecule has 6 heteroatoms. The molecule has 2 heterocycles. The van der Waals surface area contributed by atoms with Crippen LogP contribution in [0.4, 0.5) is 0 Å². The van der Waals surface area contributed by atoms with Crippen molar-refractivity contribution in [1.29, 1.82) is 0 Å². The molecule has 0 aromatic heterocycles. The highest BCUT2D eigenvalue weighted by atomic mass is 28.4. The summed E-state index contributed by atoms with van der Waals surface area (Å²) in [5.74, 6) is -0.880. The van der Waals surface area contributed by atoms with E-state index in [0.717, 1.165) is 18.4 Å². The van der Waals surface area contributed by atoms with E-state index in [0.29, 0.717) is 19.6 Å². The molecule has 1 fully saturated rings. The van der Waals surface area contributed by atoms with Crippen LogP contribution in [0.25, 0.3) is 0 Å². The molecule has 3 rings (SSSR count). The van der Waals surface area contributed by atoms with E-state index in [1.807, 2.05) is 18.2 Å². The molecule has 0 radical (unpaired) electrons. The van der Waals surface area contributed by atoms with Gasteiger partial charge in [-0.25, -0.2) is 0 Å². The third-order valence-corrected chi connectivity index (χ3v) is 10.9. The van der Waals surface area contributed by atoms with Crippen molar-refractivity contribution in [2.24, 2.45) is 0 Å². The summed E-state index contributed by atoms with van der Waals surface area (Å²) < 4.78 is 24.8. The predicted molar refractivity (Wildman–Crippen MR) is 119 cm³/mol. The lowest BCUT2D eigenvalue weighted by molar-refractivity contribution is -0.276. The Balaban J connectivity index is 1.63.